The van der Waals surface area contributed by atoms with E-state index in [9.17, 15) is 0 Å². The van der Waals surface area contributed by atoms with Crippen molar-refractivity contribution in [3.8, 4) is 11.5 Å². The van der Waals surface area contributed by atoms with Crippen LogP contribution < -0.4 is 47.2 Å². The Morgan fingerprint density at radius 3 is 1.24 bits per heavy atom. The van der Waals surface area contributed by atoms with Gasteiger partial charge in [0, 0.05) is 0 Å². The molecule has 3 aromatic carbocycles. The molecule has 0 aliphatic carbocycles. The van der Waals surface area contributed by atoms with Gasteiger partial charge in [0.05, 0.1) is 13.2 Å². The zero-order chi connectivity index (χ0) is 25.6. The third-order valence-electron chi connectivity index (χ3n) is 6.65. The van der Waals surface area contributed by atoms with Gasteiger partial charge in [-0.2, -0.15) is 0 Å². The Morgan fingerprint density at radius 2 is 0.895 bits per heavy atom. The summed E-state index contributed by atoms with van der Waals surface area (Å²) in [6, 6.07) is 26.5. The maximum Gasteiger partial charge on any atom is 1.00 e. The average Bonchev–Trinajstić information content (AvgIpc) is 2.91. The Morgan fingerprint density at radius 1 is 0.500 bits per heavy atom. The van der Waals surface area contributed by atoms with Gasteiger partial charge in [-0.25, -0.2) is 0 Å². The van der Waals surface area contributed by atoms with E-state index in [-0.39, 0.29) is 37.7 Å². The Kier molecular flexibility index (Phi) is 17.4. The minimum Gasteiger partial charge on any atom is -0.495 e. The molecule has 4 heteroatoms. The van der Waals surface area contributed by atoms with Crippen molar-refractivity contribution in [2.75, 3.05) is 13.2 Å². The first-order valence-electron chi connectivity index (χ1n) is 14.0. The van der Waals surface area contributed by atoms with Gasteiger partial charge in [0.15, 0.2) is 0 Å². The van der Waals surface area contributed by atoms with Gasteiger partial charge in [0.2, 0.25) is 0 Å². The van der Waals surface area contributed by atoms with Gasteiger partial charge in [-0.15, -0.1) is 82.6 Å². The smallest absolute Gasteiger partial charge is 0.495 e. The largest absolute Gasteiger partial charge is 1.00 e. The molecule has 0 radical (unpaired) electrons. The summed E-state index contributed by atoms with van der Waals surface area (Å²) in [5.74, 6) is 4.72. The quantitative estimate of drug-likeness (QED) is 0.171. The number of ether oxygens (including phenoxy) is 2. The summed E-state index contributed by atoms with van der Waals surface area (Å²) >= 11 is 0. The van der Waals surface area contributed by atoms with Crippen molar-refractivity contribution < 1.29 is 47.2 Å². The molecule has 38 heavy (non-hydrogen) atoms. The second kappa shape index (κ2) is 19.3. The van der Waals surface area contributed by atoms with E-state index in [2.05, 4.69) is 86.6 Å². The van der Waals surface area contributed by atoms with Crippen LogP contribution >= 0.6 is 0 Å². The molecule has 0 aliphatic heterocycles. The molecule has 0 saturated heterocycles. The Labute approximate surface area is 256 Å². The summed E-state index contributed by atoms with van der Waals surface area (Å²) in [5, 5.41) is 0. The number of rotatable bonds is 16. The molecule has 0 aromatic heterocycles. The Bertz CT molecular complexity index is 923. The van der Waals surface area contributed by atoms with Crippen LogP contribution in [0.5, 0.6) is 11.5 Å². The molecule has 0 unspecified atom stereocenters. The van der Waals surface area contributed by atoms with Crippen LogP contribution in [0.15, 0.2) is 72.8 Å². The molecule has 3 rings (SSSR count). The van der Waals surface area contributed by atoms with E-state index in [4.69, 9.17) is 9.47 Å². The van der Waals surface area contributed by atoms with Crippen molar-refractivity contribution in [3.63, 3.8) is 0 Å². The minimum absolute atomic E-state index is 0. The summed E-state index contributed by atoms with van der Waals surface area (Å²) in [4.78, 5) is 0. The van der Waals surface area contributed by atoms with E-state index in [0.29, 0.717) is 13.2 Å². The Hall–Kier alpha value is -1.81. The first kappa shape index (κ1) is 34.2. The molecular formula is C34H44Li2O2. The first-order valence-corrected chi connectivity index (χ1v) is 14.0. The fourth-order valence-corrected chi connectivity index (χ4v) is 4.75. The number of benzene rings is 3. The molecule has 0 spiro atoms. The van der Waals surface area contributed by atoms with Gasteiger partial charge in [-0.3, -0.25) is 0 Å². The third kappa shape index (κ3) is 10.4. The molecule has 0 heterocycles. The molecule has 0 fully saturated rings. The molecule has 2 nitrogen and oxygen atoms in total. The van der Waals surface area contributed by atoms with E-state index in [1.807, 2.05) is 13.8 Å². The zero-order valence-corrected chi connectivity index (χ0v) is 24.8. The van der Waals surface area contributed by atoms with E-state index < -0.39 is 0 Å². The van der Waals surface area contributed by atoms with Crippen LogP contribution in [-0.2, 0) is 0 Å². The number of hydrogen-bond acceptors (Lipinski definition) is 2. The van der Waals surface area contributed by atoms with E-state index in [0.717, 1.165) is 24.3 Å². The second-order valence-corrected chi connectivity index (χ2v) is 9.37. The fraction of sp³-hybridized carbons (Fsp3) is 0.412. The van der Waals surface area contributed by atoms with E-state index in [1.165, 1.54) is 72.6 Å². The maximum absolute atomic E-state index is 5.69. The molecular weight excluding hydrogens is 454 g/mol. The summed E-state index contributed by atoms with van der Waals surface area (Å²) in [5.41, 5.74) is 5.24. The predicted octanol–water partition coefficient (Wildman–Crippen LogP) is 3.59. The minimum atomic E-state index is 0. The number of unbranched alkanes of at least 4 members (excludes halogenated alkanes) is 4. The van der Waals surface area contributed by atoms with Crippen LogP contribution in [0.1, 0.15) is 101 Å². The SMILES string of the molecule is CCCCC[C-](c1ccc(OCC)cc1)c1cccc([C-](CCCCC)c2ccc(OCC)cc2)c1.[Li+].[Li+]. The van der Waals surface area contributed by atoms with E-state index >= 15 is 0 Å². The molecule has 0 aliphatic rings. The molecule has 0 bridgehead atoms. The van der Waals surface area contributed by atoms with Crippen molar-refractivity contribution in [1.82, 2.24) is 0 Å². The van der Waals surface area contributed by atoms with Crippen molar-refractivity contribution in [1.29, 1.82) is 0 Å². The zero-order valence-electron chi connectivity index (χ0n) is 24.8. The maximum atomic E-state index is 5.69. The average molecular weight is 499 g/mol. The molecule has 0 N–H and O–H groups in total. The van der Waals surface area contributed by atoms with Gasteiger partial charge >= 0.3 is 37.7 Å². The third-order valence-corrected chi connectivity index (χ3v) is 6.65. The normalized spacial score (nSPS) is 10.2. The molecule has 0 saturated carbocycles. The van der Waals surface area contributed by atoms with Crippen molar-refractivity contribution in [3.05, 3.63) is 107 Å². The van der Waals surface area contributed by atoms with E-state index in [1.54, 1.807) is 0 Å². The standard InChI is InChI=1S/C34H44O2.2Li/c1-5-9-11-16-33(27-18-22-31(23-19-27)35-7-3)29-14-13-15-30(26-29)34(17-12-10-6-2)28-20-24-32(25-21-28)36-8-4;;/h13-15,18-26H,5-12,16-17H2,1-4H3;;/q-2;2*+1. The summed E-state index contributed by atoms with van der Waals surface area (Å²) in [6.45, 7) is 9.98. The predicted molar refractivity (Wildman–Crippen MR) is 153 cm³/mol. The van der Waals surface area contributed by atoms with Crippen LogP contribution in [0.2, 0.25) is 0 Å². The van der Waals surface area contributed by atoms with Gasteiger partial charge in [0.25, 0.3) is 0 Å². The number of hydrogen-bond donors (Lipinski definition) is 0. The molecule has 0 amide bonds. The fourth-order valence-electron chi connectivity index (χ4n) is 4.75. The monoisotopic (exact) mass is 498 g/mol. The Balaban J connectivity index is 0.00000361. The van der Waals surface area contributed by atoms with Gasteiger partial charge < -0.3 is 9.47 Å². The van der Waals surface area contributed by atoms with Crippen molar-refractivity contribution in [2.45, 2.75) is 79.1 Å². The molecule has 0 atom stereocenters. The van der Waals surface area contributed by atoms with Crippen LogP contribution in [0.25, 0.3) is 0 Å². The molecule has 194 valence electrons. The van der Waals surface area contributed by atoms with Gasteiger partial charge in [-0.05, 0) is 13.8 Å². The van der Waals surface area contributed by atoms with Gasteiger partial charge in [0.1, 0.15) is 11.5 Å². The second-order valence-electron chi connectivity index (χ2n) is 9.37. The summed E-state index contributed by atoms with van der Waals surface area (Å²) in [7, 11) is 0. The van der Waals surface area contributed by atoms with Crippen LogP contribution in [0, 0.1) is 11.8 Å². The van der Waals surface area contributed by atoms with Crippen molar-refractivity contribution >= 4 is 0 Å². The first-order chi connectivity index (χ1) is 17.7. The summed E-state index contributed by atoms with van der Waals surface area (Å²) < 4.78 is 11.4. The van der Waals surface area contributed by atoms with Crippen molar-refractivity contribution in [2.24, 2.45) is 0 Å². The van der Waals surface area contributed by atoms with Gasteiger partial charge in [-0.1, -0.05) is 89.5 Å². The summed E-state index contributed by atoms with van der Waals surface area (Å²) in [6.07, 6.45) is 9.53. The van der Waals surface area contributed by atoms with Crippen LogP contribution in [0.3, 0.4) is 0 Å². The van der Waals surface area contributed by atoms with Crippen LogP contribution in [-0.4, -0.2) is 13.2 Å². The topological polar surface area (TPSA) is 18.5 Å². The molecule has 3 aromatic rings. The van der Waals surface area contributed by atoms with Crippen LogP contribution in [0.4, 0.5) is 0 Å².